The predicted octanol–water partition coefficient (Wildman–Crippen LogP) is 1.39. The Bertz CT molecular complexity index is 521. The number of aliphatic hydroxyl groups excluding tert-OH is 1. The first-order chi connectivity index (χ1) is 9.51. The van der Waals surface area contributed by atoms with Crippen LogP contribution in [-0.4, -0.2) is 44.1 Å². The lowest BCUT2D eigenvalue weighted by Gasteiger charge is -2.29. The van der Waals surface area contributed by atoms with Gasteiger partial charge in [0.15, 0.2) is 0 Å². The second-order valence-electron chi connectivity index (χ2n) is 5.32. The van der Waals surface area contributed by atoms with Gasteiger partial charge in [-0.2, -0.15) is 0 Å². The van der Waals surface area contributed by atoms with Gasteiger partial charge in [-0.25, -0.2) is 13.1 Å². The van der Waals surface area contributed by atoms with Gasteiger partial charge in [0.1, 0.15) is 4.21 Å². The van der Waals surface area contributed by atoms with E-state index >= 15 is 0 Å². The zero-order valence-electron chi connectivity index (χ0n) is 11.7. The Balaban J connectivity index is 1.93. The molecule has 1 saturated heterocycles. The first-order valence-electron chi connectivity index (χ1n) is 6.94. The topological polar surface area (TPSA) is 69.6 Å². The monoisotopic (exact) mass is 318 g/mol. The normalized spacial score (nSPS) is 19.1. The quantitative estimate of drug-likeness (QED) is 0.832. The molecule has 2 rings (SSSR count). The van der Waals surface area contributed by atoms with Crippen molar-refractivity contribution in [2.24, 2.45) is 0 Å². The number of sulfonamides is 1. The Morgan fingerprint density at radius 1 is 1.40 bits per heavy atom. The van der Waals surface area contributed by atoms with E-state index in [1.807, 2.05) is 6.92 Å². The average Bonchev–Trinajstić information content (AvgIpc) is 2.88. The van der Waals surface area contributed by atoms with Crippen molar-refractivity contribution in [2.45, 2.75) is 43.0 Å². The van der Waals surface area contributed by atoms with Crippen LogP contribution in [0.2, 0.25) is 0 Å². The minimum Gasteiger partial charge on any atom is -0.392 e. The molecule has 1 aromatic heterocycles. The van der Waals surface area contributed by atoms with Gasteiger partial charge in [0.05, 0.1) is 6.61 Å². The van der Waals surface area contributed by atoms with Gasteiger partial charge in [-0.05, 0) is 49.9 Å². The molecule has 1 fully saturated rings. The summed E-state index contributed by atoms with van der Waals surface area (Å²) in [6.45, 7) is 4.62. The van der Waals surface area contributed by atoms with E-state index in [-0.39, 0.29) is 16.9 Å². The molecule has 0 aliphatic carbocycles. The Morgan fingerprint density at radius 3 is 2.70 bits per heavy atom. The van der Waals surface area contributed by atoms with Crippen LogP contribution in [0, 0.1) is 0 Å². The largest absolute Gasteiger partial charge is 0.392 e. The number of thiophene rings is 1. The molecular formula is C13H22N2O3S2. The van der Waals surface area contributed by atoms with E-state index in [1.165, 1.54) is 25.3 Å². The second kappa shape index (κ2) is 7.00. The number of aliphatic hydroxyl groups is 1. The Morgan fingerprint density at radius 2 is 2.10 bits per heavy atom. The minimum atomic E-state index is -3.47. The maximum Gasteiger partial charge on any atom is 0.250 e. The van der Waals surface area contributed by atoms with Crippen LogP contribution >= 0.6 is 11.3 Å². The summed E-state index contributed by atoms with van der Waals surface area (Å²) >= 11 is 1.15. The van der Waals surface area contributed by atoms with Crippen molar-refractivity contribution in [1.82, 2.24) is 9.62 Å². The number of rotatable bonds is 6. The molecule has 1 aliphatic rings. The molecular weight excluding hydrogens is 296 g/mol. The first kappa shape index (κ1) is 15.9. The van der Waals surface area contributed by atoms with Crippen molar-refractivity contribution in [3.8, 4) is 0 Å². The van der Waals surface area contributed by atoms with E-state index in [2.05, 4.69) is 9.62 Å². The Labute approximate surface area is 124 Å². The minimum absolute atomic E-state index is 0.113. The summed E-state index contributed by atoms with van der Waals surface area (Å²) in [4.78, 5) is 2.31. The van der Waals surface area contributed by atoms with Crippen molar-refractivity contribution in [1.29, 1.82) is 0 Å². The smallest absolute Gasteiger partial charge is 0.250 e. The fourth-order valence-electron chi connectivity index (χ4n) is 2.47. The third kappa shape index (κ3) is 4.26. The molecule has 1 aliphatic heterocycles. The average molecular weight is 318 g/mol. The molecule has 0 amide bonds. The Kier molecular flexibility index (Phi) is 5.57. The molecule has 0 spiro atoms. The van der Waals surface area contributed by atoms with Crippen molar-refractivity contribution >= 4 is 21.4 Å². The summed E-state index contributed by atoms with van der Waals surface area (Å²) < 4.78 is 27.4. The van der Waals surface area contributed by atoms with Gasteiger partial charge in [-0.1, -0.05) is 6.42 Å². The van der Waals surface area contributed by atoms with Crippen LogP contribution in [0.3, 0.4) is 0 Å². The predicted molar refractivity (Wildman–Crippen MR) is 80.3 cm³/mol. The number of piperidine rings is 1. The number of nitrogens with zero attached hydrogens (tertiary/aromatic N) is 1. The van der Waals surface area contributed by atoms with Crippen LogP contribution in [0.4, 0.5) is 0 Å². The van der Waals surface area contributed by atoms with Crippen LogP contribution in [0.5, 0.6) is 0 Å². The summed E-state index contributed by atoms with van der Waals surface area (Å²) in [5, 5.41) is 10.7. The lowest BCUT2D eigenvalue weighted by atomic mass is 10.1. The van der Waals surface area contributed by atoms with Crippen LogP contribution in [0.1, 0.15) is 31.7 Å². The molecule has 114 valence electrons. The third-order valence-corrected chi connectivity index (χ3v) is 6.49. The maximum atomic E-state index is 12.2. The van der Waals surface area contributed by atoms with Gasteiger partial charge in [0.25, 0.3) is 0 Å². The number of hydrogen-bond donors (Lipinski definition) is 2. The van der Waals surface area contributed by atoms with Crippen molar-refractivity contribution < 1.29 is 13.5 Å². The molecule has 2 heterocycles. The molecule has 0 bridgehead atoms. The van der Waals surface area contributed by atoms with Crippen LogP contribution in [-0.2, 0) is 16.6 Å². The van der Waals surface area contributed by atoms with Crippen molar-refractivity contribution in [3.05, 3.63) is 17.0 Å². The fraction of sp³-hybridized carbons (Fsp3) is 0.692. The summed E-state index contributed by atoms with van der Waals surface area (Å²) in [7, 11) is -3.47. The highest BCUT2D eigenvalue weighted by Crippen LogP contribution is 2.20. The molecule has 0 aromatic carbocycles. The molecule has 1 unspecified atom stereocenters. The van der Waals surface area contributed by atoms with Crippen LogP contribution < -0.4 is 4.72 Å². The van der Waals surface area contributed by atoms with Gasteiger partial charge in [0, 0.05) is 12.6 Å². The summed E-state index contributed by atoms with van der Waals surface area (Å²) in [6, 6.07) is 1.42. The summed E-state index contributed by atoms with van der Waals surface area (Å²) in [6.07, 6.45) is 3.67. The zero-order chi connectivity index (χ0) is 14.6. The van der Waals surface area contributed by atoms with Crippen molar-refractivity contribution in [3.63, 3.8) is 0 Å². The Hall–Kier alpha value is -0.470. The van der Waals surface area contributed by atoms with Gasteiger partial charge < -0.3 is 10.0 Å². The number of hydrogen-bond acceptors (Lipinski definition) is 5. The number of likely N-dealkylation sites (tertiary alicyclic amines) is 1. The van der Waals surface area contributed by atoms with Crippen LogP contribution in [0.15, 0.2) is 15.7 Å². The van der Waals surface area contributed by atoms with Gasteiger partial charge in [-0.3, -0.25) is 0 Å². The highest BCUT2D eigenvalue weighted by atomic mass is 32.2. The second-order valence-corrected chi connectivity index (χ2v) is 8.17. The zero-order valence-corrected chi connectivity index (χ0v) is 13.3. The maximum absolute atomic E-state index is 12.2. The molecule has 1 aromatic rings. The lowest BCUT2D eigenvalue weighted by molar-refractivity contribution is 0.215. The highest BCUT2D eigenvalue weighted by molar-refractivity contribution is 7.91. The van der Waals surface area contributed by atoms with Crippen molar-refractivity contribution in [2.75, 3.05) is 19.6 Å². The lowest BCUT2D eigenvalue weighted by Crippen LogP contribution is -2.43. The summed E-state index contributed by atoms with van der Waals surface area (Å²) in [5.41, 5.74) is 0.638. The van der Waals surface area contributed by atoms with Gasteiger partial charge in [-0.15, -0.1) is 11.3 Å². The van der Waals surface area contributed by atoms with E-state index in [4.69, 9.17) is 5.11 Å². The molecule has 20 heavy (non-hydrogen) atoms. The number of nitrogens with one attached hydrogen (secondary N) is 1. The van der Waals surface area contributed by atoms with E-state index in [0.717, 1.165) is 31.0 Å². The van der Waals surface area contributed by atoms with Gasteiger partial charge in [0.2, 0.25) is 10.0 Å². The molecule has 5 nitrogen and oxygen atoms in total. The van der Waals surface area contributed by atoms with E-state index in [0.29, 0.717) is 5.56 Å². The first-order valence-corrected chi connectivity index (χ1v) is 9.30. The third-order valence-electron chi connectivity index (χ3n) is 3.41. The van der Waals surface area contributed by atoms with E-state index in [9.17, 15) is 8.42 Å². The highest BCUT2D eigenvalue weighted by Gasteiger charge is 2.21. The van der Waals surface area contributed by atoms with Gasteiger partial charge >= 0.3 is 0 Å². The van der Waals surface area contributed by atoms with E-state index < -0.39 is 10.0 Å². The summed E-state index contributed by atoms with van der Waals surface area (Å²) in [5.74, 6) is 0. The molecule has 0 saturated carbocycles. The standard InChI is InChI=1S/C13H22N2O3S2/c1-11(8-15-5-3-2-4-6-15)14-20(17,18)13-7-12(9-16)10-19-13/h7,10-11,14,16H,2-6,8-9H2,1H3. The molecule has 0 radical (unpaired) electrons. The molecule has 2 N–H and O–H groups in total. The SMILES string of the molecule is CC(CN1CCCCC1)NS(=O)(=O)c1cc(CO)cs1. The van der Waals surface area contributed by atoms with Crippen LogP contribution in [0.25, 0.3) is 0 Å². The van der Waals surface area contributed by atoms with E-state index in [1.54, 1.807) is 5.38 Å². The molecule has 1 atom stereocenters. The fourth-order valence-corrected chi connectivity index (χ4v) is 4.92. The molecule has 7 heteroatoms.